The molecule has 0 spiro atoms. The summed E-state index contributed by atoms with van der Waals surface area (Å²) in [4.78, 5) is 87.3. The van der Waals surface area contributed by atoms with Crippen molar-refractivity contribution < 1.29 is 147 Å². The number of ether oxygens (including phenoxy) is 6. The van der Waals surface area contributed by atoms with E-state index in [9.17, 15) is 73.4 Å². The van der Waals surface area contributed by atoms with Crippen LogP contribution in [0.1, 0.15) is 189 Å². The molecule has 1 N–H and O–H groups in total. The van der Waals surface area contributed by atoms with Crippen LogP contribution in [0.25, 0.3) is 22.5 Å². The third-order valence-electron chi connectivity index (χ3n) is 26.2. The Bertz CT molecular complexity index is 6010. The molecule has 0 atom stereocenters. The summed E-state index contributed by atoms with van der Waals surface area (Å²) in [6.45, 7) is 32.8. The molecule has 9 heterocycles. The number of methoxy groups -OCH3 is 3. The van der Waals surface area contributed by atoms with Gasteiger partial charge in [0.25, 0.3) is 0 Å². The van der Waals surface area contributed by atoms with Crippen molar-refractivity contribution >= 4 is 112 Å². The van der Waals surface area contributed by atoms with Crippen LogP contribution in [0.4, 0.5) is 39.5 Å². The van der Waals surface area contributed by atoms with E-state index in [2.05, 4.69) is 40.4 Å². The van der Waals surface area contributed by atoms with E-state index < -0.39 is 95.6 Å². The second-order valence-electron chi connectivity index (χ2n) is 38.1. The summed E-state index contributed by atoms with van der Waals surface area (Å²) >= 11 is 8.75. The number of carbonyl (C=O) groups excluding carboxylic acids is 6. The fourth-order valence-electron chi connectivity index (χ4n) is 15.3. The fourth-order valence-corrected chi connectivity index (χ4v) is 15.8. The van der Waals surface area contributed by atoms with Crippen molar-refractivity contribution in [1.82, 2.24) is 15.0 Å². The van der Waals surface area contributed by atoms with Gasteiger partial charge < -0.3 is 85.9 Å². The van der Waals surface area contributed by atoms with Crippen LogP contribution >= 0.6 is 27.5 Å². The van der Waals surface area contributed by atoms with E-state index in [1.54, 1.807) is 93.1 Å². The van der Waals surface area contributed by atoms with E-state index in [1.807, 2.05) is 145 Å². The molecular weight excluding hydrogens is 2020 g/mol. The number of nitrogens with zero attached hydrogens (tertiary/aromatic N) is 3. The third kappa shape index (κ3) is 27.3. The summed E-state index contributed by atoms with van der Waals surface area (Å²) in [5.74, 6) is -2.99. The van der Waals surface area contributed by atoms with Crippen LogP contribution in [0.5, 0.6) is 0 Å². The molecule has 0 saturated carbocycles. The van der Waals surface area contributed by atoms with E-state index in [0.717, 1.165) is 106 Å². The first-order valence-corrected chi connectivity index (χ1v) is 45.5. The smallest absolute Gasteiger partial charge is 1.00 e. The molecule has 3 aromatic heterocycles. The Kier molecular flexibility index (Phi) is 39.0. The second-order valence-corrected chi connectivity index (χ2v) is 39.3. The summed E-state index contributed by atoms with van der Waals surface area (Å²) < 4.78 is 180. The average molecular weight is 2130 g/mol. The molecule has 142 heavy (non-hydrogen) atoms. The summed E-state index contributed by atoms with van der Waals surface area (Å²) in [7, 11) is 1.66. The first kappa shape index (κ1) is 118. The zero-order chi connectivity index (χ0) is 102. The maximum atomic E-state index is 13.2. The number of benzene rings is 7. The molecule has 6 saturated heterocycles. The quantitative estimate of drug-likeness (QED) is 0.0185. The minimum absolute atomic E-state index is 0. The zero-order valence-corrected chi connectivity index (χ0v) is 87.9. The summed E-state index contributed by atoms with van der Waals surface area (Å²) in [6.07, 6.45) is -3.36. The van der Waals surface area contributed by atoms with Crippen LogP contribution in [-0.2, 0) is 124 Å². The molecule has 0 unspecified atom stereocenters. The van der Waals surface area contributed by atoms with Gasteiger partial charge in [-0.05, 0) is 256 Å². The van der Waals surface area contributed by atoms with E-state index in [1.165, 1.54) is 49.6 Å². The molecule has 6 aliphatic rings. The molecule has 10 aromatic rings. The fraction of sp³-hybridized carbons (Fsp3) is 0.385. The van der Waals surface area contributed by atoms with Crippen molar-refractivity contribution in [3.05, 3.63) is 313 Å². The minimum atomic E-state index is -4.56. The predicted octanol–water partition coefficient (Wildman–Crippen LogP) is 16.9. The van der Waals surface area contributed by atoms with Crippen LogP contribution in [0.2, 0.25) is 5.15 Å². The number of halogens is 12. The number of ketones is 3. The van der Waals surface area contributed by atoms with Gasteiger partial charge in [0.2, 0.25) is 0 Å². The van der Waals surface area contributed by atoms with Gasteiger partial charge in [-0.2, -0.15) is 26.3 Å². The molecule has 0 amide bonds. The predicted molar refractivity (Wildman–Crippen MR) is 521 cm³/mol. The van der Waals surface area contributed by atoms with Crippen molar-refractivity contribution in [2.75, 3.05) is 61.0 Å². The Morgan fingerprint density at radius 3 is 1.06 bits per heavy atom. The Morgan fingerprint density at radius 1 is 0.415 bits per heavy atom. The van der Waals surface area contributed by atoms with Crippen LogP contribution < -0.4 is 22.4 Å². The third-order valence-corrected chi connectivity index (χ3v) is 27.1. The molecule has 0 bridgehead atoms. The number of hydrogen-bond donors (Lipinski definition) is 1. The first-order chi connectivity index (χ1) is 64.8. The number of pyridine rings is 3. The number of carbonyl (C=O) groups is 6. The number of aliphatic hydroxyl groups is 1. The van der Waals surface area contributed by atoms with Crippen molar-refractivity contribution in [1.29, 1.82) is 0 Å². The van der Waals surface area contributed by atoms with Crippen LogP contribution in [-0.4, -0.2) is 194 Å². The number of Topliss-reactive ketones (excluding diaryl/α,β-unsaturated/α-hetero) is 3. The molecule has 6 fully saturated rings. The van der Waals surface area contributed by atoms with Gasteiger partial charge in [-0.15, -0.1) is 0 Å². The van der Waals surface area contributed by atoms with Gasteiger partial charge in [-0.3, -0.25) is 24.4 Å². The van der Waals surface area contributed by atoms with Crippen LogP contribution in [0, 0.1) is 38.7 Å². The zero-order valence-electron chi connectivity index (χ0n) is 82.5. The van der Waals surface area contributed by atoms with Crippen LogP contribution in [0.3, 0.4) is 0 Å². The molecule has 0 radical (unpaired) electrons. The summed E-state index contributed by atoms with van der Waals surface area (Å²) in [5.41, 5.74) is 2.93. The normalized spacial score (nSPS) is 17.4. The number of hydrogen-bond acceptors (Lipinski definition) is 22. The van der Waals surface area contributed by atoms with Crippen molar-refractivity contribution in [2.45, 2.75) is 198 Å². The van der Waals surface area contributed by atoms with Gasteiger partial charge in [-0.25, -0.2) is 32.5 Å². The molecule has 6 aliphatic heterocycles. The van der Waals surface area contributed by atoms with E-state index in [-0.39, 0.29) is 158 Å². The number of rotatable bonds is 20. The standard InChI is InChI=1S/C26H26FNO3.C25H22FNO4.C16H13ClFNO2.C15H18BF3O4.C12H24B2O4.C9H6BrF3O2.CH3.BrH.Mg/c1-17-4-10-21(22(12-17)25(2,3)30)23-11-7-19(14-28-23)26(15-31-16-26)24(29)13-18-5-8-20(27)9-6-18;1-16-3-9-20(21(11-16)24(29)30-2)22-10-6-18(13-27-22)25(14-31-15-25)23(28)12-17-4-7-19(26)8-5-17;17-15-6-3-12(8-19-15)16(9-21-10-16)14(20)7-11-1-4-13(18)5-2-11;1-13(2)14(3,4)23-16(22-13)11-7-6-9(15(17,18)19)8-10(11)12(20)21-5;1-9(2)10(3,4)16-13(15-9)14-17-11(5,6)12(7,8)18-14;1-15-8(14)6-4-5(9(11,12)13)2-3-7(6)10;;;/h4-12,14,30H,13,15-16H2,1-3H3;3-11,13H,12,14-15H2,1-2H3;1-6,8H,7,9-10H2;6-8H,1-5H3;1-8H3;2-4H,1H3;1H3;1H;/q;;;;;;-1;;+2/p-1. The van der Waals surface area contributed by atoms with Crippen LogP contribution in [0.15, 0.2) is 205 Å². The monoisotopic (exact) mass is 2130 g/mol. The van der Waals surface area contributed by atoms with Gasteiger partial charge in [0, 0.05) is 53.5 Å². The van der Waals surface area contributed by atoms with Gasteiger partial charge in [0.1, 0.15) is 38.8 Å². The minimum Gasteiger partial charge on any atom is -1.00 e. The average Bonchev–Trinajstić information content (AvgIpc) is 1.57. The van der Waals surface area contributed by atoms with Crippen molar-refractivity contribution in [2.24, 2.45) is 0 Å². The number of esters is 3. The van der Waals surface area contributed by atoms with E-state index in [4.69, 9.17) is 58.5 Å². The van der Waals surface area contributed by atoms with Gasteiger partial charge in [-0.1, -0.05) is 120 Å². The second kappa shape index (κ2) is 47.0. The van der Waals surface area contributed by atoms with Crippen molar-refractivity contribution in [3.8, 4) is 22.5 Å². The maximum Gasteiger partial charge on any atom is 2.00 e. The molecule has 22 nitrogen and oxygen atoms in total. The largest absolute Gasteiger partial charge is 2.00 e. The number of aromatic nitrogens is 3. The van der Waals surface area contributed by atoms with Gasteiger partial charge in [0.15, 0.2) is 17.3 Å². The Morgan fingerprint density at radius 2 is 0.732 bits per heavy atom. The molecule has 0 aliphatic carbocycles. The first-order valence-electron chi connectivity index (χ1n) is 44.3. The van der Waals surface area contributed by atoms with E-state index in [0.29, 0.717) is 48.4 Å². The molecular formula is C104H112B3Br2ClF9MgN3O19. The summed E-state index contributed by atoms with van der Waals surface area (Å²) in [5, 5.41) is 11.0. The molecule has 16 rings (SSSR count). The van der Waals surface area contributed by atoms with Gasteiger partial charge >= 0.3 is 74.5 Å². The Labute approximate surface area is 862 Å². The van der Waals surface area contributed by atoms with E-state index >= 15 is 0 Å². The van der Waals surface area contributed by atoms with Gasteiger partial charge in [0.05, 0.1) is 139 Å². The SMILES string of the molecule is CC1(C)OB(B2OC(C)(C)C(C)(C)O2)OC1(C)C.COC(=O)c1cc(C(F)(F)F)ccc1B1OC(C)(C)C(C)(C)O1.COC(=O)c1cc(C(F)(F)F)ccc1Br.COC(=O)c1cc(C)ccc1-c1ccc(C2(C(=O)Cc3ccc(F)cc3)COC2)cn1.Cc1ccc(-c2ccc(C3(C(=O)Cc4ccc(F)cc4)COC3)cn2)c(C(C)(C)O)c1.O=C(Cc1ccc(F)cc1)C1(c2ccc(Cl)nc2)COC1.[Br-].[CH3-].[Mg+2]. The number of aryl methyl sites for hydroxylation is 2. The molecule has 7 aromatic carbocycles. The maximum absolute atomic E-state index is 13.2. The molecule has 752 valence electrons. The Balaban J connectivity index is 0.000000211. The Hall–Kier alpha value is -9.41. The topological polar surface area (TPSA) is 272 Å². The van der Waals surface area contributed by atoms with Crippen molar-refractivity contribution in [3.63, 3.8) is 0 Å². The number of alkyl halides is 6. The molecule has 38 heteroatoms. The summed E-state index contributed by atoms with van der Waals surface area (Å²) in [6, 6.07) is 45.9.